The minimum absolute atomic E-state index is 0.328. The van der Waals surface area contributed by atoms with Crippen LogP contribution >= 0.6 is 15.9 Å². The van der Waals surface area contributed by atoms with Gasteiger partial charge in [0.25, 0.3) is 0 Å². The minimum atomic E-state index is -0.483. The molecule has 0 aliphatic rings. The Labute approximate surface area is 135 Å². The molecule has 2 atom stereocenters. The molecule has 2 nitrogen and oxygen atoms in total. The van der Waals surface area contributed by atoms with E-state index in [-0.39, 0.29) is 0 Å². The number of aliphatic hydroxyl groups excluding tert-OH is 1. The maximum absolute atomic E-state index is 10.2. The van der Waals surface area contributed by atoms with Gasteiger partial charge in [0.1, 0.15) is 0 Å². The lowest BCUT2D eigenvalue weighted by Crippen LogP contribution is -2.32. The van der Waals surface area contributed by atoms with Crippen LogP contribution in [0.25, 0.3) is 0 Å². The van der Waals surface area contributed by atoms with Crippen LogP contribution in [0.2, 0.25) is 0 Å². The number of aliphatic hydroxyl groups is 1. The summed E-state index contributed by atoms with van der Waals surface area (Å²) in [5, 5.41) is 13.6. The molecule has 0 saturated carbocycles. The molecule has 2 N–H and O–H groups in total. The zero-order valence-corrected chi connectivity index (χ0v) is 14.1. The lowest BCUT2D eigenvalue weighted by Gasteiger charge is -2.18. The van der Waals surface area contributed by atoms with Gasteiger partial charge in [0.05, 0.1) is 6.10 Å². The molecule has 0 amide bonds. The van der Waals surface area contributed by atoms with Crippen LogP contribution in [-0.2, 0) is 6.42 Å². The Kier molecular flexibility index (Phi) is 5.97. The number of aryl methyl sites for hydroxylation is 1. The second kappa shape index (κ2) is 7.74. The van der Waals surface area contributed by atoms with Gasteiger partial charge in [0.15, 0.2) is 0 Å². The van der Waals surface area contributed by atoms with Crippen molar-refractivity contribution < 1.29 is 5.11 Å². The molecule has 3 heteroatoms. The fraction of sp³-hybridized carbons (Fsp3) is 0.333. The number of nitrogens with one attached hydrogen (secondary N) is 1. The van der Waals surface area contributed by atoms with Gasteiger partial charge in [-0.3, -0.25) is 0 Å². The molecule has 0 aliphatic heterocycles. The highest BCUT2D eigenvalue weighted by molar-refractivity contribution is 9.10. The van der Waals surface area contributed by atoms with Crippen molar-refractivity contribution in [2.24, 2.45) is 0 Å². The first-order chi connectivity index (χ1) is 10.0. The fourth-order valence-electron chi connectivity index (χ4n) is 2.29. The van der Waals surface area contributed by atoms with Crippen molar-refractivity contribution in [1.29, 1.82) is 0 Å². The zero-order chi connectivity index (χ0) is 15.2. The number of rotatable bonds is 6. The van der Waals surface area contributed by atoms with Crippen molar-refractivity contribution in [2.75, 3.05) is 6.54 Å². The largest absolute Gasteiger partial charge is 0.387 e. The molecule has 2 unspecified atom stereocenters. The second-order valence-corrected chi connectivity index (χ2v) is 6.49. The fourth-order valence-corrected chi connectivity index (χ4v) is 2.71. The number of hydrogen-bond acceptors (Lipinski definition) is 2. The van der Waals surface area contributed by atoms with Gasteiger partial charge in [-0.15, -0.1) is 0 Å². The van der Waals surface area contributed by atoms with Crippen LogP contribution in [0.4, 0.5) is 0 Å². The standard InChI is InChI=1S/C18H22BrNO/c1-13-6-8-15(9-7-13)10-14(2)20-12-18(21)16-4-3-5-17(19)11-16/h3-9,11,14,18,20-21H,10,12H2,1-2H3. The van der Waals surface area contributed by atoms with Gasteiger partial charge < -0.3 is 10.4 Å². The average Bonchev–Trinajstić information content (AvgIpc) is 2.47. The lowest BCUT2D eigenvalue weighted by atomic mass is 10.0. The Morgan fingerprint density at radius 3 is 2.52 bits per heavy atom. The summed E-state index contributed by atoms with van der Waals surface area (Å²) in [6.07, 6.45) is 0.480. The molecule has 2 aromatic rings. The Morgan fingerprint density at radius 1 is 1.14 bits per heavy atom. The van der Waals surface area contributed by atoms with Gasteiger partial charge in [-0.2, -0.15) is 0 Å². The molecule has 21 heavy (non-hydrogen) atoms. The van der Waals surface area contributed by atoms with E-state index < -0.39 is 6.10 Å². The maximum atomic E-state index is 10.2. The molecule has 0 aromatic heterocycles. The highest BCUT2D eigenvalue weighted by Crippen LogP contribution is 2.17. The predicted octanol–water partition coefficient (Wildman–Crippen LogP) is 4.01. The number of hydrogen-bond donors (Lipinski definition) is 2. The van der Waals surface area contributed by atoms with E-state index in [1.54, 1.807) is 0 Å². The van der Waals surface area contributed by atoms with Crippen LogP contribution < -0.4 is 5.32 Å². The Morgan fingerprint density at radius 2 is 1.86 bits per heavy atom. The molecule has 0 fully saturated rings. The summed E-state index contributed by atoms with van der Waals surface area (Å²) in [5.41, 5.74) is 3.53. The van der Waals surface area contributed by atoms with Crippen molar-refractivity contribution in [2.45, 2.75) is 32.4 Å². The highest BCUT2D eigenvalue weighted by atomic mass is 79.9. The first-order valence-electron chi connectivity index (χ1n) is 7.27. The molecule has 0 saturated heterocycles. The molecule has 2 rings (SSSR count). The van der Waals surface area contributed by atoms with E-state index in [0.29, 0.717) is 12.6 Å². The van der Waals surface area contributed by atoms with Crippen LogP contribution in [0.3, 0.4) is 0 Å². The molecule has 2 aromatic carbocycles. The van der Waals surface area contributed by atoms with Crippen LogP contribution in [0.15, 0.2) is 53.0 Å². The van der Waals surface area contributed by atoms with E-state index in [1.165, 1.54) is 11.1 Å². The van der Waals surface area contributed by atoms with E-state index in [2.05, 4.69) is 59.4 Å². The SMILES string of the molecule is Cc1ccc(CC(C)NCC(O)c2cccc(Br)c2)cc1. The first-order valence-corrected chi connectivity index (χ1v) is 8.06. The third kappa shape index (κ3) is 5.27. The molecule has 0 bridgehead atoms. The van der Waals surface area contributed by atoms with Crippen molar-refractivity contribution >= 4 is 15.9 Å². The van der Waals surface area contributed by atoms with Gasteiger partial charge in [-0.1, -0.05) is 57.9 Å². The zero-order valence-electron chi connectivity index (χ0n) is 12.5. The van der Waals surface area contributed by atoms with Gasteiger partial charge >= 0.3 is 0 Å². The second-order valence-electron chi connectivity index (χ2n) is 5.57. The summed E-state index contributed by atoms with van der Waals surface area (Å²) in [4.78, 5) is 0. The van der Waals surface area contributed by atoms with Gasteiger partial charge in [-0.05, 0) is 43.5 Å². The quantitative estimate of drug-likeness (QED) is 0.827. The van der Waals surface area contributed by atoms with Crippen molar-refractivity contribution in [3.8, 4) is 0 Å². The molecular weight excluding hydrogens is 326 g/mol. The monoisotopic (exact) mass is 347 g/mol. The Balaban J connectivity index is 1.83. The average molecular weight is 348 g/mol. The van der Waals surface area contributed by atoms with Crippen LogP contribution in [0.1, 0.15) is 29.7 Å². The van der Waals surface area contributed by atoms with E-state index >= 15 is 0 Å². The third-order valence-corrected chi connectivity index (χ3v) is 4.05. The van der Waals surface area contributed by atoms with E-state index in [0.717, 1.165) is 16.5 Å². The van der Waals surface area contributed by atoms with Crippen molar-refractivity contribution in [1.82, 2.24) is 5.32 Å². The Hall–Kier alpha value is -1.16. The topological polar surface area (TPSA) is 32.3 Å². The molecule has 0 radical (unpaired) electrons. The Bertz CT molecular complexity index is 568. The normalized spacial score (nSPS) is 13.9. The number of halogens is 1. The highest BCUT2D eigenvalue weighted by Gasteiger charge is 2.10. The third-order valence-electron chi connectivity index (χ3n) is 3.56. The molecule has 0 heterocycles. The molecular formula is C18H22BrNO. The summed E-state index contributed by atoms with van der Waals surface area (Å²) in [5.74, 6) is 0. The smallest absolute Gasteiger partial charge is 0.0914 e. The van der Waals surface area contributed by atoms with Gasteiger partial charge in [0.2, 0.25) is 0 Å². The van der Waals surface area contributed by atoms with E-state index in [4.69, 9.17) is 0 Å². The predicted molar refractivity (Wildman–Crippen MR) is 91.4 cm³/mol. The van der Waals surface area contributed by atoms with Crippen molar-refractivity contribution in [3.05, 3.63) is 69.7 Å². The summed E-state index contributed by atoms with van der Waals surface area (Å²) >= 11 is 3.43. The van der Waals surface area contributed by atoms with Crippen LogP contribution in [-0.4, -0.2) is 17.7 Å². The lowest BCUT2D eigenvalue weighted by molar-refractivity contribution is 0.170. The molecule has 0 spiro atoms. The van der Waals surface area contributed by atoms with Crippen molar-refractivity contribution in [3.63, 3.8) is 0 Å². The summed E-state index contributed by atoms with van der Waals surface area (Å²) < 4.78 is 0.992. The first kappa shape index (κ1) is 16.2. The van der Waals surface area contributed by atoms with E-state index in [1.807, 2.05) is 24.3 Å². The minimum Gasteiger partial charge on any atom is -0.387 e. The van der Waals surface area contributed by atoms with Gasteiger partial charge in [-0.25, -0.2) is 0 Å². The van der Waals surface area contributed by atoms with Gasteiger partial charge in [0, 0.05) is 17.1 Å². The molecule has 112 valence electrons. The summed E-state index contributed by atoms with van der Waals surface area (Å²) in [6.45, 7) is 4.80. The van der Waals surface area contributed by atoms with Crippen LogP contribution in [0.5, 0.6) is 0 Å². The summed E-state index contributed by atoms with van der Waals surface area (Å²) in [6, 6.07) is 16.7. The maximum Gasteiger partial charge on any atom is 0.0914 e. The number of benzene rings is 2. The van der Waals surface area contributed by atoms with E-state index in [9.17, 15) is 5.11 Å². The van der Waals surface area contributed by atoms with Crippen LogP contribution in [0, 0.1) is 6.92 Å². The molecule has 0 aliphatic carbocycles. The summed E-state index contributed by atoms with van der Waals surface area (Å²) in [7, 11) is 0.